The van der Waals surface area contributed by atoms with Gasteiger partial charge in [0.1, 0.15) is 42.4 Å². The van der Waals surface area contributed by atoms with Gasteiger partial charge in [0.05, 0.1) is 50.9 Å². The second-order valence-corrected chi connectivity index (χ2v) is 13.2. The number of phosphoric acid groups is 1. The van der Waals surface area contributed by atoms with E-state index in [1.807, 2.05) is 0 Å². The van der Waals surface area contributed by atoms with Crippen LogP contribution in [0.5, 0.6) is 0 Å². The number of nitrogens with one attached hydrogen (secondary N) is 1. The molecule has 1 amide bonds. The van der Waals surface area contributed by atoms with Gasteiger partial charge in [0.25, 0.3) is 0 Å². The number of carbonyl (C=O) groups is 2. The Morgan fingerprint density at radius 3 is 2.67 bits per heavy atom. The zero-order chi connectivity index (χ0) is 35.6. The number of aliphatic hydroxyl groups is 6. The van der Waals surface area contributed by atoms with Gasteiger partial charge in [0.15, 0.2) is 12.5 Å². The fourth-order valence-corrected chi connectivity index (χ4v) is 6.38. The first kappa shape index (κ1) is 40.3. The first-order valence-electron chi connectivity index (χ1n) is 14.4. The molecule has 48 heavy (non-hydrogen) atoms. The van der Waals surface area contributed by atoms with E-state index in [9.17, 15) is 54.5 Å². The molecule has 1 aromatic rings. The number of nitrogens with two attached hydrogens (primary N) is 1. The SMILES string of the molecule is COCCOCCSCC(=O)NC1C([C@H](O)[C@H](O)CO)O[C@@](C=O)(OP(=O)(O)OCC2OC(n3ccc(N)nc3=O)[C@H](O)[C@@H]2O)C[C@H]1O. The van der Waals surface area contributed by atoms with E-state index >= 15 is 0 Å². The highest BCUT2D eigenvalue weighted by atomic mass is 32.2. The summed E-state index contributed by atoms with van der Waals surface area (Å²) in [4.78, 5) is 51.0. The summed E-state index contributed by atoms with van der Waals surface area (Å²) >= 11 is 1.17. The molecular weight excluding hydrogens is 691 g/mol. The summed E-state index contributed by atoms with van der Waals surface area (Å²) in [5.41, 5.74) is 4.52. The minimum atomic E-state index is -5.38. The van der Waals surface area contributed by atoms with Crippen LogP contribution in [0.15, 0.2) is 17.1 Å². The topological polar surface area (TPSA) is 321 Å². The monoisotopic (exact) mass is 732 g/mol. The van der Waals surface area contributed by atoms with E-state index in [0.717, 1.165) is 10.8 Å². The van der Waals surface area contributed by atoms with Crippen LogP contribution in [0.3, 0.4) is 0 Å². The molecule has 274 valence electrons. The first-order valence-corrected chi connectivity index (χ1v) is 17.1. The molecule has 10 N–H and O–H groups in total. The number of hydrogen-bond donors (Lipinski definition) is 9. The molecule has 5 unspecified atom stereocenters. The lowest BCUT2D eigenvalue weighted by atomic mass is 9.89. The molecule has 21 nitrogen and oxygen atoms in total. The molecule has 0 aliphatic carbocycles. The van der Waals surface area contributed by atoms with E-state index in [1.54, 1.807) is 0 Å². The highest BCUT2D eigenvalue weighted by Crippen LogP contribution is 2.50. The van der Waals surface area contributed by atoms with Crippen LogP contribution in [-0.2, 0) is 42.1 Å². The van der Waals surface area contributed by atoms with Gasteiger partial charge in [-0.3, -0.25) is 18.7 Å². The molecule has 1 aromatic heterocycles. The number of aldehydes is 1. The number of aliphatic hydroxyl groups excluding tert-OH is 6. The lowest BCUT2D eigenvalue weighted by Crippen LogP contribution is -2.66. The van der Waals surface area contributed by atoms with E-state index in [1.165, 1.54) is 24.9 Å². The van der Waals surface area contributed by atoms with Crippen molar-refractivity contribution in [1.29, 1.82) is 0 Å². The summed E-state index contributed by atoms with van der Waals surface area (Å²) < 4.78 is 44.7. The average molecular weight is 733 g/mol. The van der Waals surface area contributed by atoms with Crippen LogP contribution in [0.4, 0.5) is 5.82 Å². The number of amides is 1. The number of ether oxygens (including phenoxy) is 4. The first-order chi connectivity index (χ1) is 22.7. The van der Waals surface area contributed by atoms with Gasteiger partial charge in [0, 0.05) is 25.5 Å². The van der Waals surface area contributed by atoms with Crippen LogP contribution in [-0.4, -0.2) is 163 Å². The molecule has 3 rings (SSSR count). The van der Waals surface area contributed by atoms with Crippen molar-refractivity contribution >= 4 is 37.6 Å². The molecule has 0 spiro atoms. The second kappa shape index (κ2) is 18.2. The van der Waals surface area contributed by atoms with Gasteiger partial charge < -0.3 is 65.5 Å². The van der Waals surface area contributed by atoms with Crippen LogP contribution in [0, 0.1) is 0 Å². The molecule has 0 saturated carbocycles. The van der Waals surface area contributed by atoms with Crippen LogP contribution in [0.2, 0.25) is 0 Å². The Kier molecular flexibility index (Phi) is 15.3. The summed E-state index contributed by atoms with van der Waals surface area (Å²) in [7, 11) is -3.86. The number of thioether (sulfide) groups is 1. The van der Waals surface area contributed by atoms with Gasteiger partial charge in [-0.25, -0.2) is 13.9 Å². The van der Waals surface area contributed by atoms with Gasteiger partial charge in [-0.05, 0) is 6.07 Å². The van der Waals surface area contributed by atoms with Crippen molar-refractivity contribution in [2.24, 2.45) is 0 Å². The Morgan fingerprint density at radius 2 is 2.02 bits per heavy atom. The maximum Gasteiger partial charge on any atom is 0.475 e. The number of carbonyl (C=O) groups excluding carboxylic acids is 2. The van der Waals surface area contributed by atoms with E-state index in [2.05, 4.69) is 10.3 Å². The highest BCUT2D eigenvalue weighted by Gasteiger charge is 2.55. The lowest BCUT2D eigenvalue weighted by molar-refractivity contribution is -0.274. The van der Waals surface area contributed by atoms with Crippen molar-refractivity contribution in [3.63, 3.8) is 0 Å². The van der Waals surface area contributed by atoms with Crippen molar-refractivity contribution < 1.29 is 77.7 Å². The van der Waals surface area contributed by atoms with E-state index in [-0.39, 0.29) is 17.9 Å². The Morgan fingerprint density at radius 1 is 1.29 bits per heavy atom. The maximum absolute atomic E-state index is 13.0. The van der Waals surface area contributed by atoms with Gasteiger partial charge in [0.2, 0.25) is 11.7 Å². The fraction of sp³-hybridized carbons (Fsp3) is 0.760. The van der Waals surface area contributed by atoms with Crippen molar-refractivity contribution in [1.82, 2.24) is 14.9 Å². The third-order valence-corrected chi connectivity index (χ3v) is 9.13. The predicted octanol–water partition coefficient (Wildman–Crippen LogP) is -4.78. The summed E-state index contributed by atoms with van der Waals surface area (Å²) in [5, 5.41) is 64.3. The lowest BCUT2D eigenvalue weighted by Gasteiger charge is -2.46. The molecule has 0 bridgehead atoms. The minimum absolute atomic E-state index is 0.119. The average Bonchev–Trinajstić information content (AvgIpc) is 3.32. The molecule has 2 fully saturated rings. The molecular formula is C25H41N4O17PS. The summed E-state index contributed by atoms with van der Waals surface area (Å²) in [6, 6.07) is -0.281. The number of anilines is 1. The zero-order valence-corrected chi connectivity index (χ0v) is 27.3. The number of nitrogens with zero attached hydrogens (tertiary/aromatic N) is 2. The summed E-state index contributed by atoms with van der Waals surface area (Å²) in [6.45, 7) is -0.884. The smallest absolute Gasteiger partial charge is 0.394 e. The van der Waals surface area contributed by atoms with Crippen molar-refractivity contribution in [2.45, 2.75) is 67.2 Å². The number of hydrogen-bond acceptors (Lipinski definition) is 19. The van der Waals surface area contributed by atoms with Gasteiger partial charge >= 0.3 is 13.5 Å². The van der Waals surface area contributed by atoms with Crippen molar-refractivity contribution in [3.8, 4) is 0 Å². The Labute approximate surface area is 277 Å². The molecule has 3 heterocycles. The molecule has 2 saturated heterocycles. The van der Waals surface area contributed by atoms with Gasteiger partial charge in [-0.2, -0.15) is 4.98 Å². The van der Waals surface area contributed by atoms with Crippen LogP contribution >= 0.6 is 19.6 Å². The molecule has 23 heteroatoms. The second-order valence-electron chi connectivity index (χ2n) is 10.7. The largest absolute Gasteiger partial charge is 0.475 e. The Bertz CT molecular complexity index is 1310. The minimum Gasteiger partial charge on any atom is -0.394 e. The van der Waals surface area contributed by atoms with E-state index in [4.69, 9.17) is 33.7 Å². The normalized spacial score (nSPS) is 31.5. The number of aromatic nitrogens is 2. The molecule has 2 aliphatic rings. The molecule has 11 atom stereocenters. The summed E-state index contributed by atoms with van der Waals surface area (Å²) in [6.07, 6.45) is -14.0. The molecule has 0 aromatic carbocycles. The number of methoxy groups -OCH3 is 1. The number of phosphoric ester groups is 1. The predicted molar refractivity (Wildman–Crippen MR) is 161 cm³/mol. The van der Waals surface area contributed by atoms with Crippen molar-refractivity contribution in [2.75, 3.05) is 57.4 Å². The highest BCUT2D eigenvalue weighted by molar-refractivity contribution is 7.99. The quantitative estimate of drug-likeness (QED) is 0.0366. The summed E-state index contributed by atoms with van der Waals surface area (Å²) in [5.74, 6) is -3.29. The van der Waals surface area contributed by atoms with Crippen LogP contribution in [0.25, 0.3) is 0 Å². The molecule has 0 radical (unpaired) electrons. The zero-order valence-electron chi connectivity index (χ0n) is 25.6. The van der Waals surface area contributed by atoms with Crippen LogP contribution in [0.1, 0.15) is 12.6 Å². The van der Waals surface area contributed by atoms with Crippen molar-refractivity contribution in [3.05, 3.63) is 22.7 Å². The molecule has 2 aliphatic heterocycles. The van der Waals surface area contributed by atoms with E-state index in [0.29, 0.717) is 25.6 Å². The third-order valence-electron chi connectivity index (χ3n) is 7.19. The van der Waals surface area contributed by atoms with Gasteiger partial charge in [-0.15, -0.1) is 11.8 Å². The standard InChI is InChI=1S/C25H41N4O17PS/c1-41-4-5-42-6-7-48-11-17(34)28-18-13(32)8-25(12-31,45-22(18)19(35)14(33)9-30)46-47(39,40)43-10-15-20(36)21(37)23(44-15)29-3-2-16(26)27-24(29)38/h2-3,12-15,18-23,30,32-33,35-37H,4-11H2,1H3,(H,28,34)(H,39,40)(H2,26,27,38)/t13-,14-,15?,18?,19-,20-,21-,22?,23?,25-/m1/s1. The third kappa shape index (κ3) is 10.7. The number of rotatable bonds is 19. The maximum atomic E-state index is 13.0. The fourth-order valence-electron chi connectivity index (χ4n) is 4.79. The van der Waals surface area contributed by atoms with Crippen LogP contribution < -0.4 is 16.7 Å². The Hall–Kier alpha value is -2.12. The Balaban J connectivity index is 1.67. The van der Waals surface area contributed by atoms with Gasteiger partial charge in [-0.1, -0.05) is 0 Å². The van der Waals surface area contributed by atoms with E-state index < -0.39 is 99.8 Å². The number of nitrogen functional groups attached to an aromatic ring is 1.